The van der Waals surface area contributed by atoms with E-state index in [9.17, 15) is 14.4 Å². The van der Waals surface area contributed by atoms with Gasteiger partial charge in [0.05, 0.1) is 5.92 Å². The standard InChI is InChI=1S/C8H13NO6/c10-4-9(5-11)3-6(8(14)15)1-2-7(12)13/h4,6,11H,1-3,5H2,(H,12,13)(H,14,15). The first-order valence-corrected chi connectivity index (χ1v) is 4.26. The number of aliphatic hydroxyl groups is 1. The van der Waals surface area contributed by atoms with Crippen LogP contribution in [0, 0.1) is 5.92 Å². The van der Waals surface area contributed by atoms with Gasteiger partial charge in [-0.05, 0) is 6.42 Å². The molecule has 15 heavy (non-hydrogen) atoms. The highest BCUT2D eigenvalue weighted by Crippen LogP contribution is 2.08. The summed E-state index contributed by atoms with van der Waals surface area (Å²) in [6, 6.07) is 0. The Morgan fingerprint density at radius 3 is 2.27 bits per heavy atom. The summed E-state index contributed by atoms with van der Waals surface area (Å²) in [4.78, 5) is 32.0. The Balaban J connectivity index is 4.20. The number of carbonyl (C=O) groups excluding carboxylic acids is 1. The Bertz CT molecular complexity index is 241. The molecule has 0 aromatic rings. The lowest BCUT2D eigenvalue weighted by atomic mass is 10.0. The van der Waals surface area contributed by atoms with Crippen LogP contribution in [0.5, 0.6) is 0 Å². The van der Waals surface area contributed by atoms with Gasteiger partial charge in [0, 0.05) is 13.0 Å². The van der Waals surface area contributed by atoms with E-state index in [1.165, 1.54) is 0 Å². The molecule has 0 bridgehead atoms. The van der Waals surface area contributed by atoms with E-state index in [1.54, 1.807) is 0 Å². The van der Waals surface area contributed by atoms with E-state index in [1.807, 2.05) is 0 Å². The summed E-state index contributed by atoms with van der Waals surface area (Å²) in [6.45, 7) is -0.775. The van der Waals surface area contributed by atoms with Crippen LogP contribution in [0.2, 0.25) is 0 Å². The van der Waals surface area contributed by atoms with Gasteiger partial charge in [-0.3, -0.25) is 14.4 Å². The molecule has 0 aliphatic rings. The van der Waals surface area contributed by atoms with E-state index in [-0.39, 0.29) is 19.4 Å². The van der Waals surface area contributed by atoms with Crippen molar-refractivity contribution in [2.75, 3.05) is 13.3 Å². The van der Waals surface area contributed by atoms with Crippen molar-refractivity contribution in [3.8, 4) is 0 Å². The Morgan fingerprint density at radius 1 is 1.33 bits per heavy atom. The fourth-order valence-electron chi connectivity index (χ4n) is 1.01. The van der Waals surface area contributed by atoms with Crippen LogP contribution in [-0.4, -0.2) is 51.8 Å². The van der Waals surface area contributed by atoms with Crippen LogP contribution >= 0.6 is 0 Å². The van der Waals surface area contributed by atoms with Crippen LogP contribution in [0.3, 0.4) is 0 Å². The average molecular weight is 219 g/mol. The number of carboxylic acids is 2. The Kier molecular flexibility index (Phi) is 6.03. The number of aliphatic hydroxyl groups excluding tert-OH is 1. The van der Waals surface area contributed by atoms with E-state index in [0.717, 1.165) is 4.90 Å². The number of rotatable bonds is 8. The Hall–Kier alpha value is -1.63. The number of carbonyl (C=O) groups is 3. The minimum Gasteiger partial charge on any atom is -0.481 e. The van der Waals surface area contributed by atoms with Crippen molar-refractivity contribution >= 4 is 18.3 Å². The second-order valence-electron chi connectivity index (χ2n) is 2.99. The van der Waals surface area contributed by atoms with Gasteiger partial charge in [0.1, 0.15) is 6.73 Å². The number of hydrogen-bond donors (Lipinski definition) is 3. The van der Waals surface area contributed by atoms with Crippen molar-refractivity contribution < 1.29 is 29.7 Å². The van der Waals surface area contributed by atoms with Crippen molar-refractivity contribution in [1.82, 2.24) is 4.90 Å². The second-order valence-corrected chi connectivity index (χ2v) is 2.99. The summed E-state index contributed by atoms with van der Waals surface area (Å²) in [7, 11) is 0. The summed E-state index contributed by atoms with van der Waals surface area (Å²) in [5.74, 6) is -3.25. The van der Waals surface area contributed by atoms with Gasteiger partial charge in [0.2, 0.25) is 6.41 Å². The molecule has 1 amide bonds. The molecule has 1 unspecified atom stereocenters. The lowest BCUT2D eigenvalue weighted by Gasteiger charge is -2.18. The first-order chi connectivity index (χ1) is 7.01. The largest absolute Gasteiger partial charge is 0.481 e. The van der Waals surface area contributed by atoms with Gasteiger partial charge >= 0.3 is 11.9 Å². The van der Waals surface area contributed by atoms with Crippen molar-refractivity contribution in [2.24, 2.45) is 5.92 Å². The van der Waals surface area contributed by atoms with Gasteiger partial charge in [-0.2, -0.15) is 0 Å². The van der Waals surface area contributed by atoms with Crippen molar-refractivity contribution in [3.63, 3.8) is 0 Å². The first kappa shape index (κ1) is 13.4. The van der Waals surface area contributed by atoms with Crippen LogP contribution < -0.4 is 0 Å². The van der Waals surface area contributed by atoms with Crippen LogP contribution in [0.4, 0.5) is 0 Å². The summed E-state index contributed by atoms with van der Waals surface area (Å²) in [5.41, 5.74) is 0. The maximum Gasteiger partial charge on any atom is 0.308 e. The quantitative estimate of drug-likeness (QED) is 0.355. The monoisotopic (exact) mass is 219 g/mol. The predicted molar refractivity (Wildman–Crippen MR) is 47.9 cm³/mol. The van der Waals surface area contributed by atoms with E-state index in [0.29, 0.717) is 6.41 Å². The molecule has 3 N–H and O–H groups in total. The molecule has 1 atom stereocenters. The third-order valence-corrected chi connectivity index (χ3v) is 1.84. The minimum absolute atomic E-state index is 0.0744. The van der Waals surface area contributed by atoms with E-state index < -0.39 is 24.6 Å². The molecule has 86 valence electrons. The number of aliphatic carboxylic acids is 2. The van der Waals surface area contributed by atoms with E-state index >= 15 is 0 Å². The summed E-state index contributed by atoms with van der Waals surface area (Å²) >= 11 is 0. The SMILES string of the molecule is O=CN(CO)CC(CCC(=O)O)C(=O)O. The zero-order chi connectivity index (χ0) is 11.8. The molecule has 0 spiro atoms. The molecule has 0 heterocycles. The zero-order valence-electron chi connectivity index (χ0n) is 8.00. The Labute approximate surface area is 85.9 Å². The van der Waals surface area contributed by atoms with Gasteiger partial charge in [0.25, 0.3) is 0 Å². The highest BCUT2D eigenvalue weighted by molar-refractivity contribution is 5.72. The third-order valence-electron chi connectivity index (χ3n) is 1.84. The van der Waals surface area contributed by atoms with Crippen molar-refractivity contribution in [3.05, 3.63) is 0 Å². The highest BCUT2D eigenvalue weighted by Gasteiger charge is 2.21. The summed E-state index contributed by atoms with van der Waals surface area (Å²) < 4.78 is 0. The number of carboxylic acid groups (broad SMARTS) is 2. The molecule has 0 rings (SSSR count). The van der Waals surface area contributed by atoms with E-state index in [4.69, 9.17) is 15.3 Å². The van der Waals surface area contributed by atoms with Crippen LogP contribution in [0.25, 0.3) is 0 Å². The van der Waals surface area contributed by atoms with Crippen LogP contribution in [0.15, 0.2) is 0 Å². The number of nitrogens with zero attached hydrogens (tertiary/aromatic N) is 1. The van der Waals surface area contributed by atoms with Gasteiger partial charge in [-0.15, -0.1) is 0 Å². The highest BCUT2D eigenvalue weighted by atomic mass is 16.4. The average Bonchev–Trinajstić information content (AvgIpc) is 2.17. The molecule has 0 aromatic heterocycles. The Morgan fingerprint density at radius 2 is 1.93 bits per heavy atom. The van der Waals surface area contributed by atoms with Crippen LogP contribution in [0.1, 0.15) is 12.8 Å². The molecule has 0 saturated heterocycles. The topological polar surface area (TPSA) is 115 Å². The first-order valence-electron chi connectivity index (χ1n) is 4.26. The molecule has 0 aliphatic carbocycles. The third kappa shape index (κ3) is 5.63. The fraction of sp³-hybridized carbons (Fsp3) is 0.625. The molecular weight excluding hydrogens is 206 g/mol. The predicted octanol–water partition coefficient (Wildman–Crippen LogP) is -1.04. The fourth-order valence-corrected chi connectivity index (χ4v) is 1.01. The molecule has 0 aromatic carbocycles. The lowest BCUT2D eigenvalue weighted by molar-refractivity contribution is -0.144. The van der Waals surface area contributed by atoms with Gasteiger partial charge < -0.3 is 20.2 Å². The normalized spacial score (nSPS) is 11.8. The molecule has 0 fully saturated rings. The lowest BCUT2D eigenvalue weighted by Crippen LogP contribution is -2.33. The van der Waals surface area contributed by atoms with Crippen molar-refractivity contribution in [1.29, 1.82) is 0 Å². The molecule has 7 nitrogen and oxygen atoms in total. The van der Waals surface area contributed by atoms with E-state index in [2.05, 4.69) is 0 Å². The maximum atomic E-state index is 10.7. The van der Waals surface area contributed by atoms with Gasteiger partial charge in [-0.1, -0.05) is 0 Å². The maximum absolute atomic E-state index is 10.7. The number of amides is 1. The number of hydrogen-bond acceptors (Lipinski definition) is 4. The smallest absolute Gasteiger partial charge is 0.308 e. The van der Waals surface area contributed by atoms with Gasteiger partial charge in [-0.25, -0.2) is 0 Å². The van der Waals surface area contributed by atoms with Crippen molar-refractivity contribution in [2.45, 2.75) is 12.8 Å². The minimum atomic E-state index is -1.18. The van der Waals surface area contributed by atoms with Gasteiger partial charge in [0.15, 0.2) is 0 Å². The second kappa shape index (κ2) is 6.77. The summed E-state index contributed by atoms with van der Waals surface area (Å²) in [6.07, 6.45) is -0.0409. The molecule has 7 heteroatoms. The molecule has 0 radical (unpaired) electrons. The molecule has 0 aliphatic heterocycles. The zero-order valence-corrected chi connectivity index (χ0v) is 8.00. The molecule has 0 saturated carbocycles. The van der Waals surface area contributed by atoms with Crippen LogP contribution in [-0.2, 0) is 14.4 Å². The molecular formula is C8H13NO6. The summed E-state index contributed by atoms with van der Waals surface area (Å²) in [5, 5.41) is 25.7.